The molecule has 380 valence electrons. The van der Waals surface area contributed by atoms with Crippen LogP contribution in [-0.2, 0) is 25.7 Å². The number of unbranched alkanes of at least 4 members (excludes halogenated alkanes) is 20. The Morgan fingerprint density at radius 3 is 1.21 bits per heavy atom. The molecule has 2 aromatic heterocycles. The van der Waals surface area contributed by atoms with Crippen LogP contribution in [0.3, 0.4) is 0 Å². The summed E-state index contributed by atoms with van der Waals surface area (Å²) in [5, 5.41) is 31.5. The Morgan fingerprint density at radius 2 is 0.750 bits per heavy atom. The van der Waals surface area contributed by atoms with Crippen molar-refractivity contribution in [3.05, 3.63) is 116 Å². The molecular formula is C67H85N3S2. The van der Waals surface area contributed by atoms with Crippen LogP contribution < -0.4 is 0 Å². The Labute approximate surface area is 444 Å². The van der Waals surface area contributed by atoms with Crippen LogP contribution in [0.2, 0.25) is 0 Å². The van der Waals surface area contributed by atoms with E-state index in [1.54, 1.807) is 12.1 Å². The molecule has 0 amide bonds. The number of nitrogens with zero attached hydrogens (tertiary/aromatic N) is 3. The molecule has 6 aromatic rings. The molecule has 0 aliphatic rings. The van der Waals surface area contributed by atoms with E-state index in [1.807, 2.05) is 22.7 Å². The van der Waals surface area contributed by atoms with E-state index < -0.39 is 0 Å². The first kappa shape index (κ1) is 56.3. The maximum atomic E-state index is 10.8. The zero-order chi connectivity index (χ0) is 51.1. The van der Waals surface area contributed by atoms with Gasteiger partial charge in [0.05, 0.1) is 34.9 Å². The number of aryl methyl sites for hydroxylation is 6. The number of hydrogen-bond donors (Lipinski definition) is 0. The third-order valence-corrected chi connectivity index (χ3v) is 17.3. The predicted octanol–water partition coefficient (Wildman–Crippen LogP) is 21.5. The molecule has 72 heavy (non-hydrogen) atoms. The van der Waals surface area contributed by atoms with Crippen LogP contribution in [0, 0.1) is 47.8 Å². The van der Waals surface area contributed by atoms with Crippen LogP contribution >= 0.6 is 22.7 Å². The van der Waals surface area contributed by atoms with E-state index >= 15 is 0 Å². The molecule has 0 radical (unpaired) electrons. The van der Waals surface area contributed by atoms with Gasteiger partial charge in [0.1, 0.15) is 0 Å². The topological polar surface area (TPSA) is 71.4 Å². The molecule has 0 aliphatic heterocycles. The van der Waals surface area contributed by atoms with Gasteiger partial charge in [0.25, 0.3) is 0 Å². The summed E-state index contributed by atoms with van der Waals surface area (Å²) in [6, 6.07) is 32.3. The fourth-order valence-electron chi connectivity index (χ4n) is 10.9. The van der Waals surface area contributed by atoms with Crippen molar-refractivity contribution in [2.24, 2.45) is 0 Å². The SMILES string of the molecule is CCCCCCCCc1cc(-c2cc(-c3cc(CCCCCCCC)c(-c4cc5sc(C)cc5s4)cc3CCCCCCCC)cc(-c3c(C#N)cc(C#N)cc3C#N)c2)c(CCCCCCCC)cc1C. The Hall–Kier alpha value is -4.99. The van der Waals surface area contributed by atoms with E-state index in [0.717, 1.165) is 61.6 Å². The van der Waals surface area contributed by atoms with E-state index in [2.05, 4.69) is 114 Å². The first-order valence-corrected chi connectivity index (χ1v) is 30.2. The van der Waals surface area contributed by atoms with Crippen molar-refractivity contribution in [1.29, 1.82) is 15.8 Å². The second-order valence-corrected chi connectivity index (χ2v) is 23.3. The van der Waals surface area contributed by atoms with Gasteiger partial charge in [-0.15, -0.1) is 22.7 Å². The van der Waals surface area contributed by atoms with Crippen molar-refractivity contribution in [1.82, 2.24) is 0 Å². The molecule has 0 bridgehead atoms. The maximum absolute atomic E-state index is 10.8. The van der Waals surface area contributed by atoms with Gasteiger partial charge in [0.2, 0.25) is 0 Å². The molecule has 0 unspecified atom stereocenters. The third kappa shape index (κ3) is 16.0. The summed E-state index contributed by atoms with van der Waals surface area (Å²) in [4.78, 5) is 2.73. The van der Waals surface area contributed by atoms with Crippen molar-refractivity contribution in [3.63, 3.8) is 0 Å². The average Bonchev–Trinajstić information content (AvgIpc) is 3.95. The van der Waals surface area contributed by atoms with Crippen molar-refractivity contribution < 1.29 is 0 Å². The molecule has 0 spiro atoms. The summed E-state index contributed by atoms with van der Waals surface area (Å²) in [7, 11) is 0. The van der Waals surface area contributed by atoms with Gasteiger partial charge in [-0.3, -0.25) is 0 Å². The molecule has 6 rings (SSSR count). The Bertz CT molecular complexity index is 2710. The molecule has 0 saturated carbocycles. The summed E-state index contributed by atoms with van der Waals surface area (Å²) >= 11 is 3.85. The fourth-order valence-corrected chi connectivity index (χ4v) is 13.3. The van der Waals surface area contributed by atoms with Crippen LogP contribution in [0.5, 0.6) is 0 Å². The summed E-state index contributed by atoms with van der Waals surface area (Å²) in [6.45, 7) is 13.7. The highest BCUT2D eigenvalue weighted by Crippen LogP contribution is 2.44. The Morgan fingerprint density at radius 1 is 0.361 bits per heavy atom. The zero-order valence-electron chi connectivity index (χ0n) is 45.3. The van der Waals surface area contributed by atoms with Crippen molar-refractivity contribution in [3.8, 4) is 62.0 Å². The minimum absolute atomic E-state index is 0.335. The number of benzene rings is 4. The third-order valence-electron chi connectivity index (χ3n) is 15.0. The van der Waals surface area contributed by atoms with Crippen LogP contribution in [0.15, 0.2) is 66.7 Å². The summed E-state index contributed by atoms with van der Waals surface area (Å²) in [5.41, 5.74) is 15.8. The summed E-state index contributed by atoms with van der Waals surface area (Å²) in [6.07, 6.45) is 34.1. The van der Waals surface area contributed by atoms with Crippen molar-refractivity contribution >= 4 is 32.1 Å². The molecule has 0 N–H and O–H groups in total. The van der Waals surface area contributed by atoms with E-state index in [-0.39, 0.29) is 0 Å². The minimum atomic E-state index is 0.335. The van der Waals surface area contributed by atoms with Crippen LogP contribution in [0.1, 0.15) is 231 Å². The van der Waals surface area contributed by atoms with E-state index in [9.17, 15) is 15.8 Å². The Balaban J connectivity index is 1.59. The largest absolute Gasteiger partial charge is 0.192 e. The van der Waals surface area contributed by atoms with Gasteiger partial charge in [-0.25, -0.2) is 0 Å². The zero-order valence-corrected chi connectivity index (χ0v) is 46.9. The minimum Gasteiger partial charge on any atom is -0.192 e. The molecule has 2 heterocycles. The molecule has 5 heteroatoms. The number of rotatable bonds is 32. The highest BCUT2D eigenvalue weighted by molar-refractivity contribution is 7.29. The lowest BCUT2D eigenvalue weighted by atomic mass is 9.83. The maximum Gasteiger partial charge on any atom is 0.0999 e. The second kappa shape index (κ2) is 30.3. The number of nitriles is 3. The predicted molar refractivity (Wildman–Crippen MR) is 313 cm³/mol. The lowest BCUT2D eigenvalue weighted by molar-refractivity contribution is 0.605. The molecule has 4 aromatic carbocycles. The molecule has 0 saturated heterocycles. The van der Waals surface area contributed by atoms with Gasteiger partial charge in [-0.2, -0.15) is 15.8 Å². The first-order chi connectivity index (χ1) is 35.2. The summed E-state index contributed by atoms with van der Waals surface area (Å²) < 4.78 is 2.76. The number of fused-ring (bicyclic) bond motifs is 1. The van der Waals surface area contributed by atoms with Crippen LogP contribution in [0.4, 0.5) is 0 Å². The highest BCUT2D eigenvalue weighted by Gasteiger charge is 2.21. The number of hydrogen-bond acceptors (Lipinski definition) is 5. The molecule has 3 nitrogen and oxygen atoms in total. The van der Waals surface area contributed by atoms with Gasteiger partial charge in [-0.1, -0.05) is 174 Å². The van der Waals surface area contributed by atoms with E-state index in [4.69, 9.17) is 0 Å². The van der Waals surface area contributed by atoms with Crippen LogP contribution in [0.25, 0.3) is 53.2 Å². The molecule has 0 fully saturated rings. The van der Waals surface area contributed by atoms with Gasteiger partial charge < -0.3 is 0 Å². The fraction of sp³-hybridized carbons (Fsp3) is 0.507. The second-order valence-electron chi connectivity index (χ2n) is 21.0. The lowest BCUT2D eigenvalue weighted by Gasteiger charge is -2.21. The average molecular weight is 997 g/mol. The smallest absolute Gasteiger partial charge is 0.0999 e. The molecule has 0 atom stereocenters. The quantitative estimate of drug-likeness (QED) is 0.0395. The monoisotopic (exact) mass is 996 g/mol. The standard InChI is InChI=1S/C67H85N3S2/c1-7-11-15-19-23-27-31-52-42-61(53(35-49(52)5)32-28-24-20-16-12-8-2)56-39-57(41-58(40-56)67-59(47-69)37-51(46-68)38-60(67)48-70)62-43-55(34-30-26-22-18-14-10-4)63(44-54(62)33-29-25-21-17-13-9-3)64-45-66-65(72-64)36-50(6)71-66/h35-45H,7-34H2,1-6H3. The molecular weight excluding hydrogens is 911 g/mol. The van der Waals surface area contributed by atoms with Crippen molar-refractivity contribution in [2.75, 3.05) is 0 Å². The van der Waals surface area contributed by atoms with Gasteiger partial charge in [0.15, 0.2) is 0 Å². The van der Waals surface area contributed by atoms with Gasteiger partial charge in [-0.05, 0) is 175 Å². The Kier molecular flexibility index (Phi) is 23.7. The number of thiophene rings is 2. The molecule has 0 aliphatic carbocycles. The summed E-state index contributed by atoms with van der Waals surface area (Å²) in [5.74, 6) is 0. The first-order valence-electron chi connectivity index (χ1n) is 28.6. The lowest BCUT2D eigenvalue weighted by Crippen LogP contribution is -2.01. The van der Waals surface area contributed by atoms with Crippen LogP contribution in [-0.4, -0.2) is 0 Å². The van der Waals surface area contributed by atoms with E-state index in [0.29, 0.717) is 22.3 Å². The van der Waals surface area contributed by atoms with Gasteiger partial charge in [0, 0.05) is 24.7 Å². The van der Waals surface area contributed by atoms with E-state index in [1.165, 1.54) is 198 Å². The van der Waals surface area contributed by atoms with Gasteiger partial charge >= 0.3 is 0 Å². The highest BCUT2D eigenvalue weighted by atomic mass is 32.1. The normalized spacial score (nSPS) is 11.3. The van der Waals surface area contributed by atoms with Crippen molar-refractivity contribution in [2.45, 2.75) is 221 Å².